The van der Waals surface area contributed by atoms with Gasteiger partial charge in [0.2, 0.25) is 0 Å². The summed E-state index contributed by atoms with van der Waals surface area (Å²) in [6, 6.07) is 0. The van der Waals surface area contributed by atoms with E-state index in [-0.39, 0.29) is 5.54 Å². The van der Waals surface area contributed by atoms with Gasteiger partial charge in [-0.1, -0.05) is 13.8 Å². The predicted octanol–water partition coefficient (Wildman–Crippen LogP) is 2.19. The third kappa shape index (κ3) is 3.65. The van der Waals surface area contributed by atoms with Gasteiger partial charge < -0.3 is 5.73 Å². The lowest BCUT2D eigenvalue weighted by molar-refractivity contribution is 0.128. The van der Waals surface area contributed by atoms with E-state index in [2.05, 4.69) is 37.6 Å². The highest BCUT2D eigenvalue weighted by atomic mass is 32.2. The molecular weight excluding hydrogens is 204 g/mol. The maximum Gasteiger partial charge on any atom is 0.0419 e. The topological polar surface area (TPSA) is 29.3 Å². The molecule has 90 valence electrons. The molecule has 1 rings (SSSR count). The Morgan fingerprint density at radius 3 is 2.67 bits per heavy atom. The molecule has 1 saturated heterocycles. The standard InChI is InChI=1S/C12H26N2S/c1-11(2)5-7-14(3)12(9-13)6-4-8-15-10-12/h11H,4-10,13H2,1-3H3. The molecule has 3 heteroatoms. The van der Waals surface area contributed by atoms with Gasteiger partial charge >= 0.3 is 0 Å². The van der Waals surface area contributed by atoms with Crippen molar-refractivity contribution < 1.29 is 0 Å². The third-order valence-electron chi connectivity index (χ3n) is 3.53. The zero-order valence-electron chi connectivity index (χ0n) is 10.5. The summed E-state index contributed by atoms with van der Waals surface area (Å²) in [5.74, 6) is 3.33. The van der Waals surface area contributed by atoms with Crippen molar-refractivity contribution in [2.45, 2.75) is 38.6 Å². The molecule has 2 N–H and O–H groups in total. The van der Waals surface area contributed by atoms with Crippen molar-refractivity contribution in [3.05, 3.63) is 0 Å². The van der Waals surface area contributed by atoms with Crippen molar-refractivity contribution in [3.63, 3.8) is 0 Å². The molecule has 1 fully saturated rings. The molecule has 0 spiro atoms. The Hall–Kier alpha value is 0.270. The zero-order chi connectivity index (χ0) is 11.3. The minimum absolute atomic E-state index is 0.289. The van der Waals surface area contributed by atoms with E-state index in [0.717, 1.165) is 12.5 Å². The smallest absolute Gasteiger partial charge is 0.0419 e. The van der Waals surface area contributed by atoms with E-state index >= 15 is 0 Å². The molecule has 15 heavy (non-hydrogen) atoms. The number of likely N-dealkylation sites (N-methyl/N-ethyl adjacent to an activating group) is 1. The Morgan fingerprint density at radius 1 is 1.47 bits per heavy atom. The van der Waals surface area contributed by atoms with Gasteiger partial charge in [-0.25, -0.2) is 0 Å². The molecular formula is C12H26N2S. The van der Waals surface area contributed by atoms with Gasteiger partial charge in [-0.2, -0.15) is 11.8 Å². The van der Waals surface area contributed by atoms with Gasteiger partial charge in [-0.05, 0) is 44.5 Å². The first-order chi connectivity index (χ1) is 7.10. The third-order valence-corrected chi connectivity index (χ3v) is 4.85. The molecule has 1 aliphatic rings. The van der Waals surface area contributed by atoms with Gasteiger partial charge in [0.15, 0.2) is 0 Å². The van der Waals surface area contributed by atoms with Crippen molar-refractivity contribution in [2.24, 2.45) is 11.7 Å². The average Bonchev–Trinajstić information content (AvgIpc) is 2.26. The average molecular weight is 230 g/mol. The highest BCUT2D eigenvalue weighted by Crippen LogP contribution is 2.30. The Labute approximate surface area is 99.0 Å². The summed E-state index contributed by atoms with van der Waals surface area (Å²) in [7, 11) is 2.25. The highest BCUT2D eigenvalue weighted by molar-refractivity contribution is 7.99. The molecule has 0 aliphatic carbocycles. The summed E-state index contributed by atoms with van der Waals surface area (Å²) in [4.78, 5) is 2.51. The van der Waals surface area contributed by atoms with Crippen molar-refractivity contribution in [1.29, 1.82) is 0 Å². The van der Waals surface area contributed by atoms with Crippen LogP contribution in [0.25, 0.3) is 0 Å². The summed E-state index contributed by atoms with van der Waals surface area (Å²) in [5.41, 5.74) is 6.28. The fourth-order valence-corrected chi connectivity index (χ4v) is 3.50. The second kappa shape index (κ2) is 6.12. The van der Waals surface area contributed by atoms with Crippen LogP contribution in [0, 0.1) is 5.92 Å². The summed E-state index contributed by atoms with van der Waals surface area (Å²) >= 11 is 2.07. The van der Waals surface area contributed by atoms with E-state index in [1.165, 1.54) is 37.3 Å². The van der Waals surface area contributed by atoms with Gasteiger partial charge in [0.25, 0.3) is 0 Å². The molecule has 0 aromatic heterocycles. The van der Waals surface area contributed by atoms with Gasteiger partial charge in [0.1, 0.15) is 0 Å². The van der Waals surface area contributed by atoms with Crippen LogP contribution in [0.1, 0.15) is 33.1 Å². The Morgan fingerprint density at radius 2 is 2.20 bits per heavy atom. The van der Waals surface area contributed by atoms with Crippen LogP contribution in [0.3, 0.4) is 0 Å². The number of nitrogens with two attached hydrogens (primary N) is 1. The number of rotatable bonds is 5. The van der Waals surface area contributed by atoms with E-state index in [4.69, 9.17) is 5.73 Å². The molecule has 0 saturated carbocycles. The van der Waals surface area contributed by atoms with Crippen LogP contribution >= 0.6 is 11.8 Å². The van der Waals surface area contributed by atoms with Crippen molar-refractivity contribution in [2.75, 3.05) is 31.6 Å². The molecule has 0 aromatic rings. The molecule has 2 nitrogen and oxygen atoms in total. The molecule has 0 amide bonds. The first-order valence-corrected chi connectivity index (χ1v) is 7.25. The molecule has 0 aromatic carbocycles. The van der Waals surface area contributed by atoms with E-state index in [9.17, 15) is 0 Å². The quantitative estimate of drug-likeness (QED) is 0.785. The van der Waals surface area contributed by atoms with E-state index in [1.807, 2.05) is 0 Å². The monoisotopic (exact) mass is 230 g/mol. The number of hydrogen-bond acceptors (Lipinski definition) is 3. The fourth-order valence-electron chi connectivity index (χ4n) is 2.14. The lowest BCUT2D eigenvalue weighted by Crippen LogP contribution is -2.55. The maximum absolute atomic E-state index is 5.99. The second-order valence-corrected chi connectivity index (χ2v) is 6.29. The lowest BCUT2D eigenvalue weighted by atomic mass is 9.93. The Bertz CT molecular complexity index is 176. The van der Waals surface area contributed by atoms with E-state index in [0.29, 0.717) is 0 Å². The predicted molar refractivity (Wildman–Crippen MR) is 70.4 cm³/mol. The molecule has 1 heterocycles. The van der Waals surface area contributed by atoms with Crippen LogP contribution in [0.15, 0.2) is 0 Å². The van der Waals surface area contributed by atoms with Gasteiger partial charge in [0.05, 0.1) is 0 Å². The molecule has 1 aliphatic heterocycles. The SMILES string of the molecule is CC(C)CCN(C)C1(CN)CCCSC1. The Balaban J connectivity index is 2.48. The minimum Gasteiger partial charge on any atom is -0.329 e. The molecule has 1 unspecified atom stereocenters. The number of nitrogens with zero attached hydrogens (tertiary/aromatic N) is 1. The summed E-state index contributed by atoms with van der Waals surface area (Å²) < 4.78 is 0. The van der Waals surface area contributed by atoms with Crippen LogP contribution in [-0.4, -0.2) is 42.1 Å². The fraction of sp³-hybridized carbons (Fsp3) is 1.00. The van der Waals surface area contributed by atoms with Gasteiger partial charge in [-0.3, -0.25) is 4.90 Å². The van der Waals surface area contributed by atoms with Crippen LogP contribution < -0.4 is 5.73 Å². The van der Waals surface area contributed by atoms with Crippen LogP contribution in [0.4, 0.5) is 0 Å². The normalized spacial score (nSPS) is 27.6. The first kappa shape index (κ1) is 13.3. The molecule has 1 atom stereocenters. The first-order valence-electron chi connectivity index (χ1n) is 6.10. The van der Waals surface area contributed by atoms with E-state index < -0.39 is 0 Å². The second-order valence-electron chi connectivity index (χ2n) is 5.19. The summed E-state index contributed by atoms with van der Waals surface area (Å²) in [6.07, 6.45) is 3.89. The highest BCUT2D eigenvalue weighted by Gasteiger charge is 2.34. The van der Waals surface area contributed by atoms with Crippen molar-refractivity contribution >= 4 is 11.8 Å². The summed E-state index contributed by atoms with van der Waals surface area (Å²) in [6.45, 7) is 6.58. The molecule has 0 bridgehead atoms. The van der Waals surface area contributed by atoms with Crippen molar-refractivity contribution in [3.8, 4) is 0 Å². The summed E-state index contributed by atoms with van der Waals surface area (Å²) in [5, 5.41) is 0. The number of hydrogen-bond donors (Lipinski definition) is 1. The lowest BCUT2D eigenvalue weighted by Gasteiger charge is -2.44. The maximum atomic E-state index is 5.99. The van der Waals surface area contributed by atoms with Crippen LogP contribution in [0.2, 0.25) is 0 Å². The largest absolute Gasteiger partial charge is 0.329 e. The zero-order valence-corrected chi connectivity index (χ0v) is 11.3. The van der Waals surface area contributed by atoms with Gasteiger partial charge in [-0.15, -0.1) is 0 Å². The van der Waals surface area contributed by atoms with Crippen LogP contribution in [-0.2, 0) is 0 Å². The van der Waals surface area contributed by atoms with Crippen molar-refractivity contribution in [1.82, 2.24) is 4.90 Å². The minimum atomic E-state index is 0.289. The molecule has 0 radical (unpaired) electrons. The Kier molecular flexibility index (Phi) is 5.44. The van der Waals surface area contributed by atoms with E-state index in [1.54, 1.807) is 0 Å². The van der Waals surface area contributed by atoms with Crippen LogP contribution in [0.5, 0.6) is 0 Å². The van der Waals surface area contributed by atoms with Gasteiger partial charge in [0, 0.05) is 17.8 Å². The number of thioether (sulfide) groups is 1.